The normalized spacial score (nSPS) is 10.3. The van der Waals surface area contributed by atoms with Crippen molar-refractivity contribution in [3.8, 4) is 0 Å². The van der Waals surface area contributed by atoms with Crippen LogP contribution < -0.4 is 0 Å². The van der Waals surface area contributed by atoms with Crippen LogP contribution in [-0.2, 0) is 37.1 Å². The Morgan fingerprint density at radius 3 is 1.52 bits per heavy atom. The number of benzene rings is 2. The molecule has 0 spiro atoms. The predicted octanol–water partition coefficient (Wildman–Crippen LogP) is 2.56. The van der Waals surface area contributed by atoms with Crippen LogP contribution in [0.15, 0.2) is 60.7 Å². The van der Waals surface area contributed by atoms with E-state index < -0.39 is 30.2 Å². The van der Waals surface area contributed by atoms with Gasteiger partial charge >= 0.3 is 17.9 Å². The standard InChI is InChI=1S/C19H18O6/c20-17(21)11-16(18(22)24-12-14-7-3-1-4-8-14)19(23)25-13-15-9-5-2-6-10-15/h1-10,16H,11-13H2,(H,20,21). The zero-order chi connectivity index (χ0) is 18.1. The average Bonchev–Trinajstić information content (AvgIpc) is 2.64. The lowest BCUT2D eigenvalue weighted by Crippen LogP contribution is -2.30. The largest absolute Gasteiger partial charge is 0.481 e. The summed E-state index contributed by atoms with van der Waals surface area (Å²) in [5.74, 6) is -4.60. The third kappa shape index (κ3) is 6.10. The van der Waals surface area contributed by atoms with E-state index in [9.17, 15) is 14.4 Å². The van der Waals surface area contributed by atoms with Crippen molar-refractivity contribution in [2.24, 2.45) is 5.92 Å². The molecule has 130 valence electrons. The van der Waals surface area contributed by atoms with Crippen molar-refractivity contribution in [1.82, 2.24) is 0 Å². The van der Waals surface area contributed by atoms with Gasteiger partial charge in [0.15, 0.2) is 5.92 Å². The summed E-state index contributed by atoms with van der Waals surface area (Å²) in [6, 6.07) is 17.8. The molecular formula is C19H18O6. The molecule has 1 N–H and O–H groups in total. The van der Waals surface area contributed by atoms with Gasteiger partial charge in [0.05, 0.1) is 6.42 Å². The molecule has 2 rings (SSSR count). The first-order chi connectivity index (χ1) is 12.1. The van der Waals surface area contributed by atoms with Crippen molar-refractivity contribution >= 4 is 17.9 Å². The fourth-order valence-electron chi connectivity index (χ4n) is 2.10. The second-order valence-electron chi connectivity index (χ2n) is 5.34. The molecule has 2 aromatic carbocycles. The topological polar surface area (TPSA) is 89.9 Å². The Morgan fingerprint density at radius 2 is 1.16 bits per heavy atom. The number of carbonyl (C=O) groups is 3. The highest BCUT2D eigenvalue weighted by atomic mass is 16.6. The fourth-order valence-corrected chi connectivity index (χ4v) is 2.10. The molecule has 0 saturated heterocycles. The van der Waals surface area contributed by atoms with E-state index >= 15 is 0 Å². The number of ether oxygens (including phenoxy) is 2. The fraction of sp³-hybridized carbons (Fsp3) is 0.211. The quantitative estimate of drug-likeness (QED) is 0.586. The molecule has 0 fully saturated rings. The first kappa shape index (κ1) is 18.2. The molecule has 0 saturated carbocycles. The number of hydrogen-bond donors (Lipinski definition) is 1. The molecule has 0 unspecified atom stereocenters. The SMILES string of the molecule is O=C(O)CC(C(=O)OCc1ccccc1)C(=O)OCc1ccccc1. The van der Waals surface area contributed by atoms with Gasteiger partial charge in [-0.1, -0.05) is 60.7 Å². The highest BCUT2D eigenvalue weighted by Crippen LogP contribution is 2.13. The second kappa shape index (κ2) is 9.22. The summed E-state index contributed by atoms with van der Waals surface area (Å²) in [5.41, 5.74) is 1.48. The van der Waals surface area contributed by atoms with Crippen LogP contribution in [0.5, 0.6) is 0 Å². The molecule has 0 aromatic heterocycles. The Bertz CT molecular complexity index is 656. The van der Waals surface area contributed by atoms with Gasteiger partial charge in [-0.05, 0) is 11.1 Å². The van der Waals surface area contributed by atoms with E-state index in [0.717, 1.165) is 11.1 Å². The summed E-state index contributed by atoms with van der Waals surface area (Å²) in [6.07, 6.45) is -0.679. The van der Waals surface area contributed by atoms with E-state index in [-0.39, 0.29) is 13.2 Å². The van der Waals surface area contributed by atoms with Crippen LogP contribution in [0.3, 0.4) is 0 Å². The Balaban J connectivity index is 1.95. The van der Waals surface area contributed by atoms with Gasteiger partial charge in [0, 0.05) is 0 Å². The van der Waals surface area contributed by atoms with Crippen LogP contribution in [0.4, 0.5) is 0 Å². The third-order valence-corrected chi connectivity index (χ3v) is 3.40. The summed E-state index contributed by atoms with van der Waals surface area (Å²) >= 11 is 0. The zero-order valence-corrected chi connectivity index (χ0v) is 13.5. The summed E-state index contributed by atoms with van der Waals surface area (Å²) in [4.78, 5) is 35.2. The van der Waals surface area contributed by atoms with Crippen molar-refractivity contribution in [2.75, 3.05) is 0 Å². The van der Waals surface area contributed by atoms with E-state index in [1.807, 2.05) is 12.1 Å². The minimum Gasteiger partial charge on any atom is -0.481 e. The van der Waals surface area contributed by atoms with Crippen molar-refractivity contribution < 1.29 is 29.0 Å². The van der Waals surface area contributed by atoms with E-state index in [1.165, 1.54) is 0 Å². The van der Waals surface area contributed by atoms with Gasteiger partial charge in [-0.3, -0.25) is 14.4 Å². The van der Waals surface area contributed by atoms with Crippen LogP contribution in [0.25, 0.3) is 0 Å². The number of hydrogen-bond acceptors (Lipinski definition) is 5. The van der Waals surface area contributed by atoms with Gasteiger partial charge in [-0.15, -0.1) is 0 Å². The van der Waals surface area contributed by atoms with Crippen molar-refractivity contribution in [1.29, 1.82) is 0 Å². The molecular weight excluding hydrogens is 324 g/mol. The van der Waals surface area contributed by atoms with Gasteiger partial charge in [-0.2, -0.15) is 0 Å². The number of carboxylic acid groups (broad SMARTS) is 1. The van der Waals surface area contributed by atoms with E-state index in [4.69, 9.17) is 14.6 Å². The van der Waals surface area contributed by atoms with Gasteiger partial charge in [0.2, 0.25) is 0 Å². The van der Waals surface area contributed by atoms with Crippen LogP contribution in [0, 0.1) is 5.92 Å². The molecule has 0 amide bonds. The summed E-state index contributed by atoms with van der Waals surface area (Å²) in [6.45, 7) is -0.0798. The van der Waals surface area contributed by atoms with Gasteiger partial charge in [0.25, 0.3) is 0 Å². The summed E-state index contributed by atoms with van der Waals surface area (Å²) < 4.78 is 10.1. The maximum atomic E-state index is 12.1. The molecule has 0 atom stereocenters. The number of rotatable bonds is 8. The van der Waals surface area contributed by atoms with Crippen LogP contribution >= 0.6 is 0 Å². The molecule has 0 bridgehead atoms. The number of esters is 2. The molecule has 0 aliphatic carbocycles. The summed E-state index contributed by atoms with van der Waals surface area (Å²) in [7, 11) is 0. The molecule has 2 aromatic rings. The van der Waals surface area contributed by atoms with Gasteiger partial charge < -0.3 is 14.6 Å². The maximum absolute atomic E-state index is 12.1. The number of aliphatic carboxylic acids is 1. The van der Waals surface area contributed by atoms with Crippen molar-refractivity contribution in [2.45, 2.75) is 19.6 Å². The number of carbonyl (C=O) groups excluding carboxylic acids is 2. The maximum Gasteiger partial charge on any atom is 0.321 e. The van der Waals surface area contributed by atoms with E-state index in [2.05, 4.69) is 0 Å². The minimum atomic E-state index is -1.50. The van der Waals surface area contributed by atoms with Gasteiger partial charge in [0.1, 0.15) is 13.2 Å². The third-order valence-electron chi connectivity index (χ3n) is 3.40. The Morgan fingerprint density at radius 1 is 0.760 bits per heavy atom. The molecule has 0 heterocycles. The van der Waals surface area contributed by atoms with Crippen LogP contribution in [0.2, 0.25) is 0 Å². The van der Waals surface area contributed by atoms with E-state index in [0.29, 0.717) is 0 Å². The lowest BCUT2D eigenvalue weighted by atomic mass is 10.1. The van der Waals surface area contributed by atoms with Crippen molar-refractivity contribution in [3.63, 3.8) is 0 Å². The van der Waals surface area contributed by atoms with Crippen LogP contribution in [0.1, 0.15) is 17.5 Å². The smallest absolute Gasteiger partial charge is 0.321 e. The Hall–Kier alpha value is -3.15. The van der Waals surface area contributed by atoms with Crippen molar-refractivity contribution in [3.05, 3.63) is 71.8 Å². The molecule has 6 heteroatoms. The highest BCUT2D eigenvalue weighted by Gasteiger charge is 2.32. The van der Waals surface area contributed by atoms with E-state index in [1.54, 1.807) is 48.5 Å². The molecule has 0 aliphatic heterocycles. The molecule has 6 nitrogen and oxygen atoms in total. The number of carboxylic acids is 1. The highest BCUT2D eigenvalue weighted by molar-refractivity contribution is 5.97. The van der Waals surface area contributed by atoms with Gasteiger partial charge in [-0.25, -0.2) is 0 Å². The summed E-state index contributed by atoms with van der Waals surface area (Å²) in [5, 5.41) is 8.94. The predicted molar refractivity (Wildman–Crippen MR) is 88.2 cm³/mol. The first-order valence-electron chi connectivity index (χ1n) is 7.69. The Kier molecular flexibility index (Phi) is 6.71. The lowest BCUT2D eigenvalue weighted by molar-refractivity contribution is -0.167. The first-order valence-corrected chi connectivity index (χ1v) is 7.69. The molecule has 0 aliphatic rings. The molecule has 25 heavy (non-hydrogen) atoms. The minimum absolute atomic E-state index is 0.0399. The zero-order valence-electron chi connectivity index (χ0n) is 13.5. The second-order valence-corrected chi connectivity index (χ2v) is 5.34. The average molecular weight is 342 g/mol. The lowest BCUT2D eigenvalue weighted by Gasteiger charge is -2.14. The monoisotopic (exact) mass is 342 g/mol. The Labute approximate surface area is 145 Å². The molecule has 0 radical (unpaired) electrons. The van der Waals surface area contributed by atoms with Crippen LogP contribution in [-0.4, -0.2) is 23.0 Å².